The van der Waals surface area contributed by atoms with E-state index in [2.05, 4.69) is 26.1 Å². The molecule has 5 heteroatoms. The summed E-state index contributed by atoms with van der Waals surface area (Å²) in [6.07, 6.45) is 5.68. The molecule has 0 spiro atoms. The zero-order chi connectivity index (χ0) is 13.9. The van der Waals surface area contributed by atoms with Crippen molar-refractivity contribution in [3.8, 4) is 0 Å². The number of hydrogen-bond donors (Lipinski definition) is 1. The van der Waals surface area contributed by atoms with E-state index in [0.29, 0.717) is 16.4 Å². The standard InChI is InChI=1S/C15H16BrFN2O/c16-9-6-11-13(7-10(9)17)19-12-4-2-1-3-8(12)5-14(19)15(20)18-11/h6-8,12,14H,1-5H2,(H,18,20). The molecule has 2 fully saturated rings. The average Bonchev–Trinajstić information content (AvgIpc) is 2.82. The summed E-state index contributed by atoms with van der Waals surface area (Å²) in [5, 5.41) is 2.93. The number of nitrogens with zero attached hydrogens (tertiary/aromatic N) is 1. The third-order valence-corrected chi connectivity index (χ3v) is 5.57. The topological polar surface area (TPSA) is 32.3 Å². The molecule has 2 heterocycles. The largest absolute Gasteiger partial charge is 0.354 e. The summed E-state index contributed by atoms with van der Waals surface area (Å²) in [5.74, 6) is 0.375. The Morgan fingerprint density at radius 1 is 1.30 bits per heavy atom. The van der Waals surface area contributed by atoms with Crippen molar-refractivity contribution in [2.45, 2.75) is 44.2 Å². The van der Waals surface area contributed by atoms with E-state index in [1.807, 2.05) is 0 Å². The molecule has 3 atom stereocenters. The van der Waals surface area contributed by atoms with Crippen molar-refractivity contribution in [2.75, 3.05) is 10.2 Å². The van der Waals surface area contributed by atoms with Crippen molar-refractivity contribution in [3.63, 3.8) is 0 Å². The maximum atomic E-state index is 13.9. The number of nitrogens with one attached hydrogen (secondary N) is 1. The number of anilines is 2. The Hall–Kier alpha value is -1.10. The van der Waals surface area contributed by atoms with Crippen LogP contribution in [-0.4, -0.2) is 18.0 Å². The Morgan fingerprint density at radius 3 is 2.95 bits per heavy atom. The number of halogens is 2. The van der Waals surface area contributed by atoms with Crippen LogP contribution in [0.25, 0.3) is 0 Å². The normalized spacial score (nSPS) is 31.4. The Morgan fingerprint density at radius 2 is 2.10 bits per heavy atom. The maximum Gasteiger partial charge on any atom is 0.247 e. The van der Waals surface area contributed by atoms with Crippen LogP contribution in [0.4, 0.5) is 15.8 Å². The first-order valence-electron chi connectivity index (χ1n) is 7.23. The van der Waals surface area contributed by atoms with Crippen molar-refractivity contribution >= 4 is 33.2 Å². The molecular weight excluding hydrogens is 323 g/mol. The number of fused-ring (bicyclic) bond motifs is 5. The number of benzene rings is 1. The van der Waals surface area contributed by atoms with Crippen LogP contribution in [0, 0.1) is 11.7 Å². The lowest BCUT2D eigenvalue weighted by Gasteiger charge is -2.39. The monoisotopic (exact) mass is 338 g/mol. The van der Waals surface area contributed by atoms with Crippen molar-refractivity contribution in [1.82, 2.24) is 0 Å². The smallest absolute Gasteiger partial charge is 0.247 e. The van der Waals surface area contributed by atoms with Gasteiger partial charge < -0.3 is 10.2 Å². The molecule has 1 N–H and O–H groups in total. The third-order valence-electron chi connectivity index (χ3n) is 4.97. The first kappa shape index (κ1) is 12.6. The van der Waals surface area contributed by atoms with E-state index in [0.717, 1.165) is 24.2 Å². The van der Waals surface area contributed by atoms with Gasteiger partial charge in [-0.15, -0.1) is 0 Å². The minimum atomic E-state index is -0.266. The molecule has 1 aromatic carbocycles. The molecule has 3 aliphatic rings. The van der Waals surface area contributed by atoms with E-state index in [4.69, 9.17) is 0 Å². The van der Waals surface area contributed by atoms with Crippen LogP contribution in [0.2, 0.25) is 0 Å². The SMILES string of the molecule is O=C1Nc2cc(Br)c(F)cc2N2C1CC1CCCCC12. The summed E-state index contributed by atoms with van der Waals surface area (Å²) in [4.78, 5) is 14.5. The predicted molar refractivity (Wildman–Crippen MR) is 79.4 cm³/mol. The van der Waals surface area contributed by atoms with Crippen molar-refractivity contribution in [1.29, 1.82) is 0 Å². The Labute approximate surface area is 125 Å². The first-order chi connectivity index (χ1) is 9.65. The molecule has 1 saturated heterocycles. The molecular formula is C15H16BrFN2O. The number of carbonyl (C=O) groups is 1. The van der Waals surface area contributed by atoms with Crippen LogP contribution in [-0.2, 0) is 4.79 Å². The summed E-state index contributed by atoms with van der Waals surface area (Å²) < 4.78 is 14.3. The van der Waals surface area contributed by atoms with E-state index in [-0.39, 0.29) is 17.8 Å². The molecule has 0 bridgehead atoms. The number of amides is 1. The van der Waals surface area contributed by atoms with E-state index in [1.165, 1.54) is 19.3 Å². The van der Waals surface area contributed by atoms with Gasteiger partial charge in [-0.25, -0.2) is 4.39 Å². The van der Waals surface area contributed by atoms with Crippen molar-refractivity contribution < 1.29 is 9.18 Å². The summed E-state index contributed by atoms with van der Waals surface area (Å²) in [5.41, 5.74) is 1.58. The highest BCUT2D eigenvalue weighted by Gasteiger charge is 2.48. The molecule has 4 rings (SSSR count). The molecule has 1 aliphatic carbocycles. The van der Waals surface area contributed by atoms with Gasteiger partial charge in [0.2, 0.25) is 5.91 Å². The fourth-order valence-corrected chi connectivity index (χ4v) is 4.45. The summed E-state index contributed by atoms with van der Waals surface area (Å²) in [7, 11) is 0. The van der Waals surface area contributed by atoms with Gasteiger partial charge in [0.25, 0.3) is 0 Å². The first-order valence-corrected chi connectivity index (χ1v) is 8.02. The number of rotatable bonds is 0. The lowest BCUT2D eigenvalue weighted by molar-refractivity contribution is -0.117. The van der Waals surface area contributed by atoms with Gasteiger partial charge in [-0.05, 0) is 47.2 Å². The second-order valence-corrected chi connectivity index (χ2v) is 6.90. The molecule has 2 aliphatic heterocycles. The van der Waals surface area contributed by atoms with Gasteiger partial charge in [0.05, 0.1) is 15.8 Å². The van der Waals surface area contributed by atoms with Crippen molar-refractivity contribution in [2.24, 2.45) is 5.92 Å². The van der Waals surface area contributed by atoms with E-state index in [1.54, 1.807) is 12.1 Å². The van der Waals surface area contributed by atoms with Crippen LogP contribution < -0.4 is 10.2 Å². The molecule has 3 nitrogen and oxygen atoms in total. The van der Waals surface area contributed by atoms with E-state index >= 15 is 0 Å². The minimum Gasteiger partial charge on any atom is -0.354 e. The van der Waals surface area contributed by atoms with Crippen LogP contribution >= 0.6 is 15.9 Å². The highest BCUT2D eigenvalue weighted by Crippen LogP contribution is 2.47. The van der Waals surface area contributed by atoms with Gasteiger partial charge in [-0.1, -0.05) is 12.8 Å². The average molecular weight is 339 g/mol. The fourth-order valence-electron chi connectivity index (χ4n) is 4.11. The summed E-state index contributed by atoms with van der Waals surface area (Å²) >= 11 is 3.19. The van der Waals surface area contributed by atoms with Gasteiger partial charge in [-0.2, -0.15) is 0 Å². The zero-order valence-corrected chi connectivity index (χ0v) is 12.6. The molecule has 0 radical (unpaired) electrons. The Bertz CT molecular complexity index is 591. The third kappa shape index (κ3) is 1.72. The Balaban J connectivity index is 1.83. The quantitative estimate of drug-likeness (QED) is 0.782. The van der Waals surface area contributed by atoms with Gasteiger partial charge in [0, 0.05) is 12.1 Å². The second-order valence-electron chi connectivity index (χ2n) is 6.04. The molecule has 1 saturated carbocycles. The van der Waals surface area contributed by atoms with Gasteiger partial charge >= 0.3 is 0 Å². The summed E-state index contributed by atoms with van der Waals surface area (Å²) in [6.45, 7) is 0. The van der Waals surface area contributed by atoms with E-state index in [9.17, 15) is 9.18 Å². The minimum absolute atomic E-state index is 0.0606. The van der Waals surface area contributed by atoms with Crippen LogP contribution in [0.3, 0.4) is 0 Å². The van der Waals surface area contributed by atoms with Crippen LogP contribution in [0.15, 0.2) is 16.6 Å². The molecule has 0 aromatic heterocycles. The lowest BCUT2D eigenvalue weighted by atomic mass is 9.84. The predicted octanol–water partition coefficient (Wildman–Crippen LogP) is 3.68. The molecule has 1 amide bonds. The van der Waals surface area contributed by atoms with Gasteiger partial charge in [0.15, 0.2) is 0 Å². The van der Waals surface area contributed by atoms with Crippen molar-refractivity contribution in [3.05, 3.63) is 22.4 Å². The van der Waals surface area contributed by atoms with Gasteiger partial charge in [-0.3, -0.25) is 4.79 Å². The Kier molecular flexibility index (Phi) is 2.81. The zero-order valence-electron chi connectivity index (χ0n) is 11.0. The van der Waals surface area contributed by atoms with E-state index < -0.39 is 0 Å². The fraction of sp³-hybridized carbons (Fsp3) is 0.533. The molecule has 3 unspecified atom stereocenters. The second kappa shape index (κ2) is 4.45. The molecule has 106 valence electrons. The number of carbonyl (C=O) groups excluding carboxylic acids is 1. The highest BCUT2D eigenvalue weighted by atomic mass is 79.9. The van der Waals surface area contributed by atoms with Crippen LogP contribution in [0.1, 0.15) is 32.1 Å². The maximum absolute atomic E-state index is 13.9. The summed E-state index contributed by atoms with van der Waals surface area (Å²) in [6, 6.07) is 3.52. The van der Waals surface area contributed by atoms with Gasteiger partial charge in [0.1, 0.15) is 11.9 Å². The lowest BCUT2D eigenvalue weighted by Crippen LogP contribution is -2.48. The molecule has 1 aromatic rings. The highest BCUT2D eigenvalue weighted by molar-refractivity contribution is 9.10. The number of hydrogen-bond acceptors (Lipinski definition) is 2. The molecule has 20 heavy (non-hydrogen) atoms. The van der Waals surface area contributed by atoms with Crippen LogP contribution in [0.5, 0.6) is 0 Å².